The van der Waals surface area contributed by atoms with Gasteiger partial charge < -0.3 is 10.1 Å². The van der Waals surface area contributed by atoms with Crippen LogP contribution in [0.5, 0.6) is 0 Å². The lowest BCUT2D eigenvalue weighted by atomic mass is 9.84. The zero-order valence-electron chi connectivity index (χ0n) is 15.6. The van der Waals surface area contributed by atoms with E-state index in [0.29, 0.717) is 6.42 Å². The summed E-state index contributed by atoms with van der Waals surface area (Å²) in [7, 11) is 1.85. The molecule has 1 aliphatic heterocycles. The molecular weight excluding hydrogens is 348 g/mol. The van der Waals surface area contributed by atoms with Gasteiger partial charge in [0.2, 0.25) is 0 Å². The zero-order valence-corrected chi connectivity index (χ0v) is 15.6. The van der Waals surface area contributed by atoms with E-state index in [9.17, 15) is 14.4 Å². The average molecular weight is 374 g/mol. The highest BCUT2D eigenvalue weighted by Crippen LogP contribution is 2.27. The molecule has 1 saturated heterocycles. The van der Waals surface area contributed by atoms with Gasteiger partial charge in [-0.05, 0) is 45.2 Å². The van der Waals surface area contributed by atoms with Gasteiger partial charge in [-0.1, -0.05) is 19.3 Å². The van der Waals surface area contributed by atoms with Crippen molar-refractivity contribution in [2.45, 2.75) is 57.0 Å². The molecule has 2 aliphatic rings. The Balaban J connectivity index is 1.69. The Labute approximate surface area is 158 Å². The SMILES string of the molecule is CN1CCCC1C(=O)OC(=O)[C@@H](NC(=O)c1cnccn1)C1CCCCC1. The number of carbonyl (C=O) groups excluding carboxylic acids is 3. The molecule has 1 N–H and O–H groups in total. The van der Waals surface area contributed by atoms with E-state index in [0.717, 1.165) is 45.1 Å². The molecule has 1 amide bonds. The monoisotopic (exact) mass is 374 g/mol. The number of ether oxygens (including phenoxy) is 1. The first kappa shape index (κ1) is 19.4. The molecule has 0 spiro atoms. The quantitative estimate of drug-likeness (QED) is 0.612. The molecule has 3 rings (SSSR count). The number of rotatable bonds is 5. The van der Waals surface area contributed by atoms with E-state index in [2.05, 4.69) is 15.3 Å². The maximum atomic E-state index is 12.8. The first-order chi connectivity index (χ1) is 13.1. The summed E-state index contributed by atoms with van der Waals surface area (Å²) >= 11 is 0. The molecule has 2 fully saturated rings. The molecule has 8 nitrogen and oxygen atoms in total. The van der Waals surface area contributed by atoms with Crippen LogP contribution in [0.15, 0.2) is 18.6 Å². The number of likely N-dealkylation sites (tertiary alicyclic amines) is 1. The van der Waals surface area contributed by atoms with Crippen LogP contribution in [0.3, 0.4) is 0 Å². The van der Waals surface area contributed by atoms with Gasteiger partial charge in [-0.2, -0.15) is 0 Å². The second-order valence-corrected chi connectivity index (χ2v) is 7.32. The smallest absolute Gasteiger partial charge is 0.336 e. The van der Waals surface area contributed by atoms with E-state index in [1.807, 2.05) is 11.9 Å². The molecule has 0 bridgehead atoms. The van der Waals surface area contributed by atoms with Crippen molar-refractivity contribution in [1.29, 1.82) is 0 Å². The standard InChI is InChI=1S/C19H26N4O4/c1-23-11-5-8-15(23)18(25)27-19(26)16(13-6-3-2-4-7-13)22-17(24)14-12-20-9-10-21-14/h9-10,12-13,15-16H,2-8,11H2,1H3,(H,22,24)/t15?,16-/m0/s1. The highest BCUT2D eigenvalue weighted by Gasteiger charge is 2.37. The van der Waals surface area contributed by atoms with E-state index in [4.69, 9.17) is 4.74 Å². The van der Waals surface area contributed by atoms with E-state index < -0.39 is 29.9 Å². The van der Waals surface area contributed by atoms with Gasteiger partial charge >= 0.3 is 11.9 Å². The molecule has 2 atom stereocenters. The number of carbonyl (C=O) groups is 3. The predicted octanol–water partition coefficient (Wildman–Crippen LogP) is 1.32. The largest absolute Gasteiger partial charge is 0.390 e. The molecule has 0 radical (unpaired) electrons. The topological polar surface area (TPSA) is 101 Å². The summed E-state index contributed by atoms with van der Waals surface area (Å²) in [5.74, 6) is -1.74. The van der Waals surface area contributed by atoms with Crippen molar-refractivity contribution < 1.29 is 19.1 Å². The fraction of sp³-hybridized carbons (Fsp3) is 0.632. The third-order valence-electron chi connectivity index (χ3n) is 5.45. The van der Waals surface area contributed by atoms with Crippen LogP contribution in [0.4, 0.5) is 0 Å². The molecule has 0 aromatic carbocycles. The normalized spacial score (nSPS) is 22.2. The Bertz CT molecular complexity index is 676. The highest BCUT2D eigenvalue weighted by molar-refractivity contribution is 5.97. The van der Waals surface area contributed by atoms with Crippen molar-refractivity contribution >= 4 is 17.8 Å². The van der Waals surface area contributed by atoms with Gasteiger partial charge in [0, 0.05) is 12.4 Å². The number of hydrogen-bond acceptors (Lipinski definition) is 7. The zero-order chi connectivity index (χ0) is 19.2. The molecule has 27 heavy (non-hydrogen) atoms. The molecule has 1 aliphatic carbocycles. The van der Waals surface area contributed by atoms with Gasteiger partial charge in [-0.3, -0.25) is 14.7 Å². The summed E-state index contributed by atoms with van der Waals surface area (Å²) in [6.45, 7) is 0.809. The summed E-state index contributed by atoms with van der Waals surface area (Å²) in [5.41, 5.74) is 0.132. The number of aromatic nitrogens is 2. The number of nitrogens with zero attached hydrogens (tertiary/aromatic N) is 3. The van der Waals surface area contributed by atoms with Crippen molar-refractivity contribution in [1.82, 2.24) is 20.2 Å². The predicted molar refractivity (Wildman–Crippen MR) is 96.6 cm³/mol. The first-order valence-electron chi connectivity index (χ1n) is 9.59. The third-order valence-corrected chi connectivity index (χ3v) is 5.45. The number of esters is 2. The minimum atomic E-state index is -0.851. The number of nitrogens with one attached hydrogen (secondary N) is 1. The van der Waals surface area contributed by atoms with Gasteiger partial charge in [0.1, 0.15) is 17.8 Å². The van der Waals surface area contributed by atoms with Crippen LogP contribution >= 0.6 is 0 Å². The minimum absolute atomic E-state index is 0.0408. The van der Waals surface area contributed by atoms with Crippen LogP contribution in [0, 0.1) is 5.92 Å². The lowest BCUT2D eigenvalue weighted by molar-refractivity contribution is -0.165. The van der Waals surface area contributed by atoms with E-state index in [1.165, 1.54) is 18.6 Å². The Kier molecular flexibility index (Phi) is 6.49. The highest BCUT2D eigenvalue weighted by atomic mass is 16.6. The summed E-state index contributed by atoms with van der Waals surface area (Å²) in [6.07, 6.45) is 10.6. The third kappa shape index (κ3) is 4.88. The van der Waals surface area contributed by atoms with Gasteiger partial charge in [0.25, 0.3) is 5.91 Å². The van der Waals surface area contributed by atoms with Crippen molar-refractivity contribution in [2.75, 3.05) is 13.6 Å². The molecule has 1 saturated carbocycles. The number of likely N-dealkylation sites (N-methyl/N-ethyl adjacent to an activating group) is 1. The van der Waals surface area contributed by atoms with Crippen LogP contribution in [0.25, 0.3) is 0 Å². The minimum Gasteiger partial charge on any atom is -0.390 e. The van der Waals surface area contributed by atoms with E-state index >= 15 is 0 Å². The van der Waals surface area contributed by atoms with Gasteiger partial charge in [-0.15, -0.1) is 0 Å². The summed E-state index contributed by atoms with van der Waals surface area (Å²) in [5, 5.41) is 2.73. The molecule has 1 aromatic rings. The van der Waals surface area contributed by atoms with Crippen LogP contribution in [0.1, 0.15) is 55.4 Å². The van der Waals surface area contributed by atoms with Crippen molar-refractivity contribution in [2.24, 2.45) is 5.92 Å². The fourth-order valence-electron chi connectivity index (χ4n) is 3.91. The van der Waals surface area contributed by atoms with Crippen LogP contribution in [-0.4, -0.2) is 58.4 Å². The second-order valence-electron chi connectivity index (χ2n) is 7.32. The van der Waals surface area contributed by atoms with Crippen LogP contribution in [0.2, 0.25) is 0 Å². The lowest BCUT2D eigenvalue weighted by Gasteiger charge is -2.29. The van der Waals surface area contributed by atoms with Crippen molar-refractivity contribution in [3.63, 3.8) is 0 Å². The Hall–Kier alpha value is -2.35. The van der Waals surface area contributed by atoms with Gasteiger partial charge in [0.15, 0.2) is 0 Å². The Morgan fingerprint density at radius 2 is 1.93 bits per heavy atom. The maximum absolute atomic E-state index is 12.8. The van der Waals surface area contributed by atoms with Gasteiger partial charge in [-0.25, -0.2) is 14.6 Å². The molecule has 146 valence electrons. The van der Waals surface area contributed by atoms with Crippen LogP contribution in [-0.2, 0) is 14.3 Å². The fourth-order valence-corrected chi connectivity index (χ4v) is 3.91. The van der Waals surface area contributed by atoms with Gasteiger partial charge in [0.05, 0.1) is 6.20 Å². The number of hydrogen-bond donors (Lipinski definition) is 1. The number of amides is 1. The van der Waals surface area contributed by atoms with Crippen molar-refractivity contribution in [3.8, 4) is 0 Å². The lowest BCUT2D eigenvalue weighted by Crippen LogP contribution is -2.49. The first-order valence-corrected chi connectivity index (χ1v) is 9.59. The van der Waals surface area contributed by atoms with E-state index in [1.54, 1.807) is 0 Å². The molecule has 2 heterocycles. The molecule has 1 unspecified atom stereocenters. The Morgan fingerprint density at radius 3 is 2.56 bits per heavy atom. The summed E-state index contributed by atoms with van der Waals surface area (Å²) in [4.78, 5) is 47.4. The summed E-state index contributed by atoms with van der Waals surface area (Å²) < 4.78 is 5.19. The van der Waals surface area contributed by atoms with Crippen molar-refractivity contribution in [3.05, 3.63) is 24.3 Å². The van der Waals surface area contributed by atoms with E-state index in [-0.39, 0.29) is 11.6 Å². The molecule has 1 aromatic heterocycles. The summed E-state index contributed by atoms with van der Waals surface area (Å²) in [6, 6.07) is -1.24. The van der Waals surface area contributed by atoms with Crippen LogP contribution < -0.4 is 5.32 Å². The maximum Gasteiger partial charge on any atom is 0.336 e. The molecule has 8 heteroatoms. The Morgan fingerprint density at radius 1 is 1.15 bits per heavy atom. The average Bonchev–Trinajstić information content (AvgIpc) is 3.13. The second kappa shape index (κ2) is 9.03. The molecular formula is C19H26N4O4.